The first-order valence-corrected chi connectivity index (χ1v) is 4.69. The molecule has 1 aromatic rings. The third-order valence-electron chi connectivity index (χ3n) is 2.27. The molecule has 0 spiro atoms. The Kier molecular flexibility index (Phi) is 3.31. The summed E-state index contributed by atoms with van der Waals surface area (Å²) in [5.74, 6) is 0.466. The number of nitrogens with two attached hydrogens (primary N) is 2. The summed E-state index contributed by atoms with van der Waals surface area (Å²) >= 11 is 0. The fourth-order valence-corrected chi connectivity index (χ4v) is 1.71. The van der Waals surface area contributed by atoms with Crippen LogP contribution in [0.25, 0.3) is 0 Å². The van der Waals surface area contributed by atoms with Crippen LogP contribution in [0.4, 0.5) is 5.82 Å². The first kappa shape index (κ1) is 11.5. The van der Waals surface area contributed by atoms with Gasteiger partial charge in [-0.3, -0.25) is 9.48 Å². The lowest BCUT2D eigenvalue weighted by Gasteiger charge is -2.18. The summed E-state index contributed by atoms with van der Waals surface area (Å²) < 4.78 is 1.71. The van der Waals surface area contributed by atoms with Gasteiger partial charge in [0.1, 0.15) is 5.82 Å². The normalized spacial score (nSPS) is 10.4. The molecular weight excluding hydrogens is 194 g/mol. The number of anilines is 1. The molecule has 0 aliphatic heterocycles. The third-order valence-corrected chi connectivity index (χ3v) is 2.27. The van der Waals surface area contributed by atoms with Crippen LogP contribution in [-0.2, 0) is 18.4 Å². The van der Waals surface area contributed by atoms with Crippen LogP contribution in [0.3, 0.4) is 0 Å². The van der Waals surface area contributed by atoms with Crippen molar-refractivity contribution in [1.82, 2.24) is 9.78 Å². The van der Waals surface area contributed by atoms with Crippen molar-refractivity contribution in [3.05, 3.63) is 11.3 Å². The second-order valence-electron chi connectivity index (χ2n) is 3.54. The van der Waals surface area contributed by atoms with E-state index < -0.39 is 0 Å². The number of aromatic nitrogens is 2. The molecule has 0 unspecified atom stereocenters. The van der Waals surface area contributed by atoms with Gasteiger partial charge in [0, 0.05) is 26.2 Å². The largest absolute Gasteiger partial charge is 0.368 e. The van der Waals surface area contributed by atoms with Crippen molar-refractivity contribution < 1.29 is 4.79 Å². The number of hydrogen-bond acceptors (Lipinski definition) is 4. The van der Waals surface area contributed by atoms with Crippen molar-refractivity contribution in [3.8, 4) is 0 Å². The van der Waals surface area contributed by atoms with Gasteiger partial charge < -0.3 is 16.4 Å². The number of amides is 1. The summed E-state index contributed by atoms with van der Waals surface area (Å²) in [6.07, 6.45) is 0. The van der Waals surface area contributed by atoms with Crippen LogP contribution in [0.5, 0.6) is 0 Å². The van der Waals surface area contributed by atoms with Gasteiger partial charge in [-0.05, 0) is 6.92 Å². The molecule has 0 saturated carbocycles. The van der Waals surface area contributed by atoms with Crippen LogP contribution in [0.2, 0.25) is 0 Å². The molecule has 0 radical (unpaired) electrons. The molecule has 4 N–H and O–H groups in total. The highest BCUT2D eigenvalue weighted by Crippen LogP contribution is 2.20. The van der Waals surface area contributed by atoms with E-state index in [9.17, 15) is 4.79 Å². The van der Waals surface area contributed by atoms with Crippen molar-refractivity contribution in [2.45, 2.75) is 13.5 Å². The Balaban J connectivity index is 3.06. The number of carbonyl (C=O) groups is 1. The highest BCUT2D eigenvalue weighted by Gasteiger charge is 2.16. The van der Waals surface area contributed by atoms with Crippen molar-refractivity contribution in [3.63, 3.8) is 0 Å². The minimum atomic E-state index is -0.376. The van der Waals surface area contributed by atoms with Gasteiger partial charge in [-0.15, -0.1) is 0 Å². The molecule has 0 aliphatic rings. The van der Waals surface area contributed by atoms with Crippen LogP contribution < -0.4 is 16.4 Å². The van der Waals surface area contributed by atoms with E-state index in [1.54, 1.807) is 16.6 Å². The van der Waals surface area contributed by atoms with Crippen molar-refractivity contribution in [2.24, 2.45) is 18.5 Å². The van der Waals surface area contributed by atoms with E-state index in [0.717, 1.165) is 17.1 Å². The summed E-state index contributed by atoms with van der Waals surface area (Å²) in [6, 6.07) is 0. The lowest BCUT2D eigenvalue weighted by atomic mass is 10.2. The van der Waals surface area contributed by atoms with Crippen LogP contribution in [0.15, 0.2) is 0 Å². The number of aryl methyl sites for hydroxylation is 2. The third kappa shape index (κ3) is 2.27. The van der Waals surface area contributed by atoms with Gasteiger partial charge in [0.15, 0.2) is 0 Å². The molecule has 0 aromatic carbocycles. The van der Waals surface area contributed by atoms with Gasteiger partial charge >= 0.3 is 0 Å². The van der Waals surface area contributed by atoms with Gasteiger partial charge in [0.25, 0.3) is 0 Å². The van der Waals surface area contributed by atoms with E-state index in [4.69, 9.17) is 11.5 Å². The van der Waals surface area contributed by atoms with E-state index in [-0.39, 0.29) is 12.5 Å². The fourth-order valence-electron chi connectivity index (χ4n) is 1.71. The highest BCUT2D eigenvalue weighted by atomic mass is 16.1. The first-order valence-electron chi connectivity index (χ1n) is 4.69. The molecule has 0 aliphatic carbocycles. The average molecular weight is 211 g/mol. The number of nitrogens with zero attached hydrogens (tertiary/aromatic N) is 3. The molecule has 0 saturated heterocycles. The Bertz CT molecular complexity index is 371. The van der Waals surface area contributed by atoms with Crippen LogP contribution in [0.1, 0.15) is 11.3 Å². The molecule has 1 rings (SSSR count). The summed E-state index contributed by atoms with van der Waals surface area (Å²) in [7, 11) is 3.61. The minimum absolute atomic E-state index is 0.159. The lowest BCUT2D eigenvalue weighted by molar-refractivity contribution is -0.116. The Hall–Kier alpha value is -1.56. The quantitative estimate of drug-likeness (QED) is 0.676. The zero-order valence-electron chi connectivity index (χ0n) is 9.32. The number of rotatable bonds is 4. The number of hydrogen-bond donors (Lipinski definition) is 2. The fraction of sp³-hybridized carbons (Fsp3) is 0.556. The molecular formula is C9H17N5O. The van der Waals surface area contributed by atoms with Crippen LogP contribution >= 0.6 is 0 Å². The first-order chi connectivity index (χ1) is 6.97. The maximum absolute atomic E-state index is 10.8. The van der Waals surface area contributed by atoms with Crippen molar-refractivity contribution >= 4 is 11.7 Å². The van der Waals surface area contributed by atoms with E-state index >= 15 is 0 Å². The van der Waals surface area contributed by atoms with Gasteiger partial charge in [-0.2, -0.15) is 5.10 Å². The van der Waals surface area contributed by atoms with Crippen molar-refractivity contribution in [2.75, 3.05) is 18.5 Å². The van der Waals surface area contributed by atoms with E-state index in [1.807, 2.05) is 14.0 Å². The second kappa shape index (κ2) is 4.31. The Morgan fingerprint density at radius 2 is 2.20 bits per heavy atom. The zero-order chi connectivity index (χ0) is 11.6. The van der Waals surface area contributed by atoms with Crippen molar-refractivity contribution in [1.29, 1.82) is 0 Å². The molecule has 0 bridgehead atoms. The Labute approximate surface area is 88.8 Å². The minimum Gasteiger partial charge on any atom is -0.368 e. The smallest absolute Gasteiger partial charge is 0.236 e. The van der Waals surface area contributed by atoms with Gasteiger partial charge in [-0.1, -0.05) is 0 Å². The van der Waals surface area contributed by atoms with Crippen LogP contribution in [0, 0.1) is 6.92 Å². The predicted molar refractivity (Wildman–Crippen MR) is 58.3 cm³/mol. The number of primary amides is 1. The molecule has 1 aromatic heterocycles. The Morgan fingerprint density at radius 1 is 1.60 bits per heavy atom. The monoisotopic (exact) mass is 211 g/mol. The molecule has 84 valence electrons. The molecule has 1 amide bonds. The van der Waals surface area contributed by atoms with Crippen LogP contribution in [-0.4, -0.2) is 29.3 Å². The molecule has 1 heterocycles. The predicted octanol–water partition coefficient (Wildman–Crippen LogP) is -0.891. The lowest BCUT2D eigenvalue weighted by Crippen LogP contribution is -2.32. The maximum atomic E-state index is 10.8. The average Bonchev–Trinajstić information content (AvgIpc) is 2.38. The molecule has 6 nitrogen and oxygen atoms in total. The van der Waals surface area contributed by atoms with E-state index in [1.165, 1.54) is 0 Å². The Morgan fingerprint density at radius 3 is 2.67 bits per heavy atom. The topological polar surface area (TPSA) is 90.2 Å². The summed E-state index contributed by atoms with van der Waals surface area (Å²) in [5, 5.41) is 4.25. The van der Waals surface area contributed by atoms with E-state index in [0.29, 0.717) is 6.54 Å². The molecule has 15 heavy (non-hydrogen) atoms. The SMILES string of the molecule is Cc1nn(C)c(N(C)CC(N)=O)c1CN. The molecule has 6 heteroatoms. The van der Waals surface area contributed by atoms with Gasteiger partial charge in [0.2, 0.25) is 5.91 Å². The standard InChI is InChI=1S/C9H17N5O/c1-6-7(4-10)9(14(3)12-6)13(2)5-8(11)15/h4-5,10H2,1-3H3,(H2,11,15). The molecule has 0 atom stereocenters. The zero-order valence-corrected chi connectivity index (χ0v) is 9.32. The summed E-state index contributed by atoms with van der Waals surface area (Å²) in [5.41, 5.74) is 12.6. The van der Waals surface area contributed by atoms with Gasteiger partial charge in [-0.25, -0.2) is 0 Å². The number of likely N-dealkylation sites (N-methyl/N-ethyl adjacent to an activating group) is 1. The summed E-state index contributed by atoms with van der Waals surface area (Å²) in [4.78, 5) is 12.6. The second-order valence-corrected chi connectivity index (χ2v) is 3.54. The molecule has 0 fully saturated rings. The van der Waals surface area contributed by atoms with Gasteiger partial charge in [0.05, 0.1) is 12.2 Å². The highest BCUT2D eigenvalue weighted by molar-refractivity contribution is 5.79. The maximum Gasteiger partial charge on any atom is 0.236 e. The van der Waals surface area contributed by atoms with E-state index in [2.05, 4.69) is 5.10 Å². The number of carbonyl (C=O) groups excluding carboxylic acids is 1. The summed E-state index contributed by atoms with van der Waals surface area (Å²) in [6.45, 7) is 2.45.